The third-order valence-electron chi connectivity index (χ3n) is 9.36. The quantitative estimate of drug-likeness (QED) is 0.612. The molecule has 6 atom stereocenters. The average molecular weight is 423 g/mol. The van der Waals surface area contributed by atoms with Crippen molar-refractivity contribution in [3.8, 4) is 0 Å². The molecule has 5 heteroatoms. The van der Waals surface area contributed by atoms with E-state index in [1.54, 1.807) is 5.57 Å². The fraction of sp³-hybridized carbons (Fsp3) is 0.913. The predicted octanol–water partition coefficient (Wildman–Crippen LogP) is 4.84. The van der Waals surface area contributed by atoms with Crippen LogP contribution >= 0.6 is 23.5 Å². The minimum absolute atomic E-state index is 0.0261. The highest BCUT2D eigenvalue weighted by Gasteiger charge is 2.68. The monoisotopic (exact) mass is 422 g/mol. The summed E-state index contributed by atoms with van der Waals surface area (Å²) >= 11 is 4.35. The SMILES string of the molecule is CC[C@]12C[C@@H](O)C3C4CCC5(C=C4CCC3C1CCC21OCCO1)SCCS5. The maximum atomic E-state index is 11.5. The lowest BCUT2D eigenvalue weighted by Crippen LogP contribution is -2.59. The van der Waals surface area contributed by atoms with E-state index in [2.05, 4.69) is 36.5 Å². The first-order chi connectivity index (χ1) is 13.6. The summed E-state index contributed by atoms with van der Waals surface area (Å²) in [6, 6.07) is 0. The Morgan fingerprint density at radius 1 is 1.11 bits per heavy atom. The number of allylic oxidation sites excluding steroid dienone is 1. The van der Waals surface area contributed by atoms with Gasteiger partial charge in [0.1, 0.15) is 0 Å². The average Bonchev–Trinajstić information content (AvgIpc) is 3.43. The van der Waals surface area contributed by atoms with E-state index >= 15 is 0 Å². The van der Waals surface area contributed by atoms with Crippen molar-refractivity contribution >= 4 is 23.5 Å². The highest BCUT2D eigenvalue weighted by Crippen LogP contribution is 2.68. The van der Waals surface area contributed by atoms with Crippen LogP contribution in [-0.4, -0.2) is 45.8 Å². The molecule has 0 bridgehead atoms. The van der Waals surface area contributed by atoms with Crippen LogP contribution < -0.4 is 0 Å². The molecule has 2 aliphatic heterocycles. The number of thioether (sulfide) groups is 2. The van der Waals surface area contributed by atoms with Gasteiger partial charge in [-0.15, -0.1) is 23.5 Å². The van der Waals surface area contributed by atoms with Gasteiger partial charge in [0.15, 0.2) is 5.79 Å². The van der Waals surface area contributed by atoms with Crippen molar-refractivity contribution in [1.29, 1.82) is 0 Å². The van der Waals surface area contributed by atoms with Gasteiger partial charge < -0.3 is 14.6 Å². The largest absolute Gasteiger partial charge is 0.393 e. The van der Waals surface area contributed by atoms with Crippen LogP contribution in [0.3, 0.4) is 0 Å². The van der Waals surface area contributed by atoms with E-state index in [0.29, 0.717) is 27.8 Å². The molecular formula is C23H34O3S2. The van der Waals surface area contributed by atoms with Gasteiger partial charge in [0.25, 0.3) is 0 Å². The van der Waals surface area contributed by atoms with E-state index in [-0.39, 0.29) is 11.5 Å². The lowest BCUT2D eigenvalue weighted by molar-refractivity contribution is -0.261. The summed E-state index contributed by atoms with van der Waals surface area (Å²) in [5.41, 5.74) is 1.72. The molecule has 0 aromatic carbocycles. The third kappa shape index (κ3) is 2.43. The Morgan fingerprint density at radius 2 is 1.89 bits per heavy atom. The van der Waals surface area contributed by atoms with Gasteiger partial charge in [0, 0.05) is 23.3 Å². The number of aliphatic hydroxyl groups excluding tert-OH is 1. The zero-order valence-electron chi connectivity index (χ0n) is 17.0. The molecule has 4 aliphatic carbocycles. The molecule has 6 aliphatic rings. The normalized spacial score (nSPS) is 48.4. The fourth-order valence-corrected chi connectivity index (χ4v) is 11.6. The van der Waals surface area contributed by atoms with Gasteiger partial charge in [-0.2, -0.15) is 0 Å². The lowest BCUT2D eigenvalue weighted by atomic mass is 9.49. The summed E-state index contributed by atoms with van der Waals surface area (Å²) in [7, 11) is 0. The molecule has 0 amide bonds. The van der Waals surface area contributed by atoms with E-state index in [1.165, 1.54) is 43.6 Å². The zero-order valence-corrected chi connectivity index (χ0v) is 18.7. The Hall–Kier alpha value is 0.320. The molecule has 6 rings (SSSR count). The maximum absolute atomic E-state index is 11.5. The number of hydrogen-bond acceptors (Lipinski definition) is 5. The first-order valence-corrected chi connectivity index (χ1v) is 13.5. The molecule has 2 saturated heterocycles. The first-order valence-electron chi connectivity index (χ1n) is 11.6. The first kappa shape index (κ1) is 19.0. The molecule has 3 nitrogen and oxygen atoms in total. The van der Waals surface area contributed by atoms with Crippen LogP contribution in [0.1, 0.15) is 58.3 Å². The Labute approximate surface area is 177 Å². The van der Waals surface area contributed by atoms with Crippen molar-refractivity contribution in [2.45, 2.75) is 74.3 Å². The van der Waals surface area contributed by atoms with E-state index < -0.39 is 5.79 Å². The topological polar surface area (TPSA) is 38.7 Å². The van der Waals surface area contributed by atoms with Crippen molar-refractivity contribution in [1.82, 2.24) is 0 Å². The van der Waals surface area contributed by atoms with E-state index in [9.17, 15) is 5.11 Å². The Bertz CT molecular complexity index is 667. The van der Waals surface area contributed by atoms with Gasteiger partial charge in [-0.05, 0) is 68.6 Å². The Kier molecular flexibility index (Phi) is 4.53. The molecule has 3 saturated carbocycles. The van der Waals surface area contributed by atoms with Gasteiger partial charge in [0.05, 0.1) is 23.4 Å². The zero-order chi connectivity index (χ0) is 19.0. The highest BCUT2D eigenvalue weighted by molar-refractivity contribution is 8.21. The van der Waals surface area contributed by atoms with Crippen molar-refractivity contribution < 1.29 is 14.6 Å². The highest BCUT2D eigenvalue weighted by atomic mass is 32.2. The molecule has 1 N–H and O–H groups in total. The van der Waals surface area contributed by atoms with E-state index in [0.717, 1.165) is 32.5 Å². The lowest BCUT2D eigenvalue weighted by Gasteiger charge is -2.58. The van der Waals surface area contributed by atoms with Gasteiger partial charge >= 0.3 is 0 Å². The van der Waals surface area contributed by atoms with Gasteiger partial charge in [0.2, 0.25) is 0 Å². The Morgan fingerprint density at radius 3 is 2.64 bits per heavy atom. The Balaban J connectivity index is 1.33. The molecule has 0 aromatic rings. The molecule has 5 fully saturated rings. The molecule has 2 spiro atoms. The summed E-state index contributed by atoms with van der Waals surface area (Å²) in [6.07, 6.45) is 11.8. The van der Waals surface area contributed by atoms with E-state index in [4.69, 9.17) is 9.47 Å². The van der Waals surface area contributed by atoms with E-state index in [1.807, 2.05) is 0 Å². The van der Waals surface area contributed by atoms with Crippen LogP contribution in [0.15, 0.2) is 11.6 Å². The summed E-state index contributed by atoms with van der Waals surface area (Å²) in [4.78, 5) is 0. The van der Waals surface area contributed by atoms with Crippen LogP contribution in [0.5, 0.6) is 0 Å². The summed E-state index contributed by atoms with van der Waals surface area (Å²) in [6.45, 7) is 3.77. The number of rotatable bonds is 1. The van der Waals surface area contributed by atoms with Crippen LogP contribution in [0.2, 0.25) is 0 Å². The van der Waals surface area contributed by atoms with Gasteiger partial charge in [-0.3, -0.25) is 0 Å². The molecule has 0 radical (unpaired) electrons. The second-order valence-corrected chi connectivity index (χ2v) is 13.1. The fourth-order valence-electron chi connectivity index (χ4n) is 8.40. The van der Waals surface area contributed by atoms with Crippen LogP contribution in [0.4, 0.5) is 0 Å². The maximum Gasteiger partial charge on any atom is 0.174 e. The summed E-state index contributed by atoms with van der Waals surface area (Å²) in [5, 5.41) is 11.5. The van der Waals surface area contributed by atoms with Crippen LogP contribution in [0, 0.1) is 29.1 Å². The number of fused-ring (bicyclic) bond motifs is 6. The van der Waals surface area contributed by atoms with Crippen molar-refractivity contribution in [2.75, 3.05) is 24.7 Å². The molecule has 2 heterocycles. The molecule has 156 valence electrons. The van der Waals surface area contributed by atoms with Gasteiger partial charge in [-0.1, -0.05) is 18.6 Å². The number of aliphatic hydroxyl groups is 1. The second-order valence-electron chi connectivity index (χ2n) is 10.0. The number of hydrogen-bond donors (Lipinski definition) is 1. The second kappa shape index (κ2) is 6.66. The third-order valence-corrected chi connectivity index (χ3v) is 12.8. The predicted molar refractivity (Wildman–Crippen MR) is 115 cm³/mol. The summed E-state index contributed by atoms with van der Waals surface area (Å²) in [5.74, 6) is 4.61. The summed E-state index contributed by atoms with van der Waals surface area (Å²) < 4.78 is 13.0. The minimum Gasteiger partial charge on any atom is -0.393 e. The molecule has 28 heavy (non-hydrogen) atoms. The van der Waals surface area contributed by atoms with Crippen molar-refractivity contribution in [2.24, 2.45) is 29.1 Å². The smallest absolute Gasteiger partial charge is 0.174 e. The molecular weight excluding hydrogens is 388 g/mol. The number of ether oxygens (including phenoxy) is 2. The van der Waals surface area contributed by atoms with Crippen LogP contribution in [-0.2, 0) is 9.47 Å². The molecule has 0 aromatic heterocycles. The van der Waals surface area contributed by atoms with Gasteiger partial charge in [-0.25, -0.2) is 0 Å². The minimum atomic E-state index is -0.401. The van der Waals surface area contributed by atoms with Crippen molar-refractivity contribution in [3.05, 3.63) is 11.6 Å². The van der Waals surface area contributed by atoms with Crippen molar-refractivity contribution in [3.63, 3.8) is 0 Å². The molecule has 4 unspecified atom stereocenters. The standard InChI is InChI=1S/C23H34O3S2/c1-2-21-14-19(24)20-16-5-7-22(27-11-12-28-22)13-15(16)3-4-17(20)18(21)6-8-23(21)25-9-10-26-23/h13,16-20,24H,2-12,14H2,1H3/t16?,17?,18?,19-,20?,21+/m1/s1. The van der Waals surface area contributed by atoms with Crippen LogP contribution in [0.25, 0.3) is 0 Å².